The fourth-order valence-electron chi connectivity index (χ4n) is 4.96. The molecule has 1 saturated heterocycles. The second-order valence-corrected chi connectivity index (χ2v) is 10.4. The van der Waals surface area contributed by atoms with E-state index in [1.54, 1.807) is 11.3 Å². The molecule has 34 heavy (non-hydrogen) atoms. The second-order valence-electron chi connectivity index (χ2n) is 9.46. The lowest BCUT2D eigenvalue weighted by Gasteiger charge is -2.23. The number of thiophene rings is 1. The lowest BCUT2D eigenvalue weighted by Crippen LogP contribution is -2.34. The number of nitrogens with one attached hydrogen (secondary N) is 1. The number of nitrogens with zero attached hydrogens (tertiary/aromatic N) is 3. The van der Waals surface area contributed by atoms with Crippen molar-refractivity contribution in [1.82, 2.24) is 19.4 Å². The summed E-state index contributed by atoms with van der Waals surface area (Å²) in [6, 6.07) is 12.5. The van der Waals surface area contributed by atoms with Gasteiger partial charge in [0, 0.05) is 19.2 Å². The molecule has 1 aromatic carbocycles. The molecular formula is C27H32N4O2S. The molecule has 0 spiro atoms. The summed E-state index contributed by atoms with van der Waals surface area (Å²) in [5.74, 6) is 3.44. The molecule has 6 rings (SSSR count). The summed E-state index contributed by atoms with van der Waals surface area (Å²) in [5, 5.41) is 5.53. The molecule has 0 atom stereocenters. The molecule has 2 fully saturated rings. The summed E-state index contributed by atoms with van der Waals surface area (Å²) in [4.78, 5) is 5.10. The Balaban J connectivity index is 1.14. The lowest BCUT2D eigenvalue weighted by atomic mass is 9.83. The molecule has 0 unspecified atom stereocenters. The number of piperidine rings is 1. The summed E-state index contributed by atoms with van der Waals surface area (Å²) in [6.07, 6.45) is 8.50. The first kappa shape index (κ1) is 21.7. The minimum Gasteiger partial charge on any atom is -0.492 e. The highest BCUT2D eigenvalue weighted by Gasteiger charge is 2.25. The zero-order chi connectivity index (χ0) is 22.9. The van der Waals surface area contributed by atoms with Gasteiger partial charge in [-0.15, -0.1) is 11.3 Å². The zero-order valence-electron chi connectivity index (χ0n) is 19.7. The number of aromatic nitrogens is 3. The van der Waals surface area contributed by atoms with Crippen molar-refractivity contribution in [2.24, 2.45) is 7.05 Å². The van der Waals surface area contributed by atoms with E-state index in [1.807, 2.05) is 24.3 Å². The third kappa shape index (κ3) is 4.34. The molecule has 0 amide bonds. The molecule has 0 bridgehead atoms. The Morgan fingerprint density at radius 2 is 1.85 bits per heavy atom. The standard InChI is InChI=1S/C27H32N4O2S/c1-30-24-11-16-34-26(24)17-25(30)27-29-23(19-3-2-4-19)18-31(27)14-15-32-20-5-7-21(8-6-20)33-22-9-12-28-13-10-22/h5-8,11,16-19,22,28H,2-4,9-10,12-15H2,1H3. The highest BCUT2D eigenvalue weighted by atomic mass is 32.1. The summed E-state index contributed by atoms with van der Waals surface area (Å²) >= 11 is 1.78. The third-order valence-electron chi connectivity index (χ3n) is 7.23. The van der Waals surface area contributed by atoms with Crippen LogP contribution in [-0.4, -0.2) is 39.9 Å². The van der Waals surface area contributed by atoms with Gasteiger partial charge in [0.05, 0.1) is 28.1 Å². The molecule has 4 heterocycles. The maximum Gasteiger partial charge on any atom is 0.157 e. The maximum atomic E-state index is 6.11. The van der Waals surface area contributed by atoms with Crippen LogP contribution in [0.25, 0.3) is 21.7 Å². The summed E-state index contributed by atoms with van der Waals surface area (Å²) in [7, 11) is 2.14. The number of hydrogen-bond acceptors (Lipinski definition) is 5. The van der Waals surface area contributed by atoms with E-state index in [2.05, 4.69) is 45.2 Å². The molecule has 7 heteroatoms. The highest BCUT2D eigenvalue weighted by molar-refractivity contribution is 7.17. The summed E-state index contributed by atoms with van der Waals surface area (Å²) in [5.41, 5.74) is 3.67. The van der Waals surface area contributed by atoms with Gasteiger partial charge in [-0.05, 0) is 80.6 Å². The molecule has 1 saturated carbocycles. The van der Waals surface area contributed by atoms with E-state index in [4.69, 9.17) is 14.5 Å². The second kappa shape index (κ2) is 9.47. The van der Waals surface area contributed by atoms with E-state index >= 15 is 0 Å². The Hall–Kier alpha value is -2.77. The number of benzene rings is 1. The van der Waals surface area contributed by atoms with Crippen LogP contribution in [0, 0.1) is 0 Å². The first-order chi connectivity index (χ1) is 16.7. The zero-order valence-corrected chi connectivity index (χ0v) is 20.5. The van der Waals surface area contributed by atoms with Gasteiger partial charge < -0.3 is 23.9 Å². The van der Waals surface area contributed by atoms with Crippen LogP contribution in [0.1, 0.15) is 43.7 Å². The van der Waals surface area contributed by atoms with Gasteiger partial charge in [0.25, 0.3) is 0 Å². The molecule has 1 aliphatic heterocycles. The van der Waals surface area contributed by atoms with E-state index in [0.717, 1.165) is 49.8 Å². The molecule has 3 aromatic heterocycles. The molecular weight excluding hydrogens is 444 g/mol. The van der Waals surface area contributed by atoms with Gasteiger partial charge in [-0.25, -0.2) is 4.98 Å². The Morgan fingerprint density at radius 1 is 1.06 bits per heavy atom. The van der Waals surface area contributed by atoms with Crippen LogP contribution >= 0.6 is 11.3 Å². The Bertz CT molecular complexity index is 1250. The van der Waals surface area contributed by atoms with Crippen molar-refractivity contribution in [1.29, 1.82) is 0 Å². The average Bonchev–Trinajstić information content (AvgIpc) is 3.51. The molecule has 6 nitrogen and oxygen atoms in total. The van der Waals surface area contributed by atoms with Gasteiger partial charge >= 0.3 is 0 Å². The maximum absolute atomic E-state index is 6.11. The van der Waals surface area contributed by atoms with E-state index in [9.17, 15) is 0 Å². The van der Waals surface area contributed by atoms with Crippen LogP contribution in [0.15, 0.2) is 48.0 Å². The predicted molar refractivity (Wildman–Crippen MR) is 137 cm³/mol. The van der Waals surface area contributed by atoms with E-state index in [1.165, 1.54) is 40.9 Å². The van der Waals surface area contributed by atoms with Crippen molar-refractivity contribution in [3.8, 4) is 23.0 Å². The molecule has 4 aromatic rings. The molecule has 1 aliphatic carbocycles. The Kier molecular flexibility index (Phi) is 6.05. The van der Waals surface area contributed by atoms with Crippen molar-refractivity contribution in [2.45, 2.75) is 50.7 Å². The SMILES string of the molecule is Cn1c(-c2nc(C3CCC3)cn2CCOc2ccc(OC3CCNCC3)cc2)cc2sccc21. The number of rotatable bonds is 8. The molecule has 2 aliphatic rings. The van der Waals surface area contributed by atoms with Crippen molar-refractivity contribution in [3.63, 3.8) is 0 Å². The van der Waals surface area contributed by atoms with Crippen LogP contribution in [0.3, 0.4) is 0 Å². The summed E-state index contributed by atoms with van der Waals surface area (Å²) < 4.78 is 18.1. The minimum absolute atomic E-state index is 0.310. The Morgan fingerprint density at radius 3 is 2.59 bits per heavy atom. The fraction of sp³-hybridized carbons (Fsp3) is 0.444. The highest BCUT2D eigenvalue weighted by Crippen LogP contribution is 2.38. The van der Waals surface area contributed by atoms with Crippen molar-refractivity contribution in [2.75, 3.05) is 19.7 Å². The minimum atomic E-state index is 0.310. The lowest BCUT2D eigenvalue weighted by molar-refractivity contribution is 0.162. The quantitative estimate of drug-likeness (QED) is 0.361. The van der Waals surface area contributed by atoms with Gasteiger partial charge in [0.2, 0.25) is 0 Å². The van der Waals surface area contributed by atoms with Crippen molar-refractivity contribution >= 4 is 21.6 Å². The van der Waals surface area contributed by atoms with E-state index in [0.29, 0.717) is 18.6 Å². The van der Waals surface area contributed by atoms with Crippen molar-refractivity contribution < 1.29 is 9.47 Å². The van der Waals surface area contributed by atoms with Gasteiger partial charge in [0.15, 0.2) is 5.82 Å². The average molecular weight is 477 g/mol. The number of fused-ring (bicyclic) bond motifs is 1. The van der Waals surface area contributed by atoms with Crippen molar-refractivity contribution in [3.05, 3.63) is 53.7 Å². The number of aryl methyl sites for hydroxylation is 1. The third-order valence-corrected chi connectivity index (χ3v) is 8.08. The largest absolute Gasteiger partial charge is 0.492 e. The molecule has 0 radical (unpaired) electrons. The predicted octanol–water partition coefficient (Wildman–Crippen LogP) is 5.58. The van der Waals surface area contributed by atoms with Gasteiger partial charge in [0.1, 0.15) is 24.2 Å². The van der Waals surface area contributed by atoms with E-state index in [-0.39, 0.29) is 0 Å². The van der Waals surface area contributed by atoms with Crippen LogP contribution in [0.2, 0.25) is 0 Å². The van der Waals surface area contributed by atoms with Crippen LogP contribution < -0.4 is 14.8 Å². The number of hydrogen-bond donors (Lipinski definition) is 1. The topological polar surface area (TPSA) is 53.2 Å². The first-order valence-corrected chi connectivity index (χ1v) is 13.3. The monoisotopic (exact) mass is 476 g/mol. The van der Waals surface area contributed by atoms with Crippen LogP contribution in [0.4, 0.5) is 0 Å². The van der Waals surface area contributed by atoms with Gasteiger partial charge in [-0.3, -0.25) is 0 Å². The molecule has 1 N–H and O–H groups in total. The number of ether oxygens (including phenoxy) is 2. The summed E-state index contributed by atoms with van der Waals surface area (Å²) in [6.45, 7) is 3.43. The van der Waals surface area contributed by atoms with Gasteiger partial charge in [-0.2, -0.15) is 0 Å². The van der Waals surface area contributed by atoms with Gasteiger partial charge in [-0.1, -0.05) is 6.42 Å². The Labute approximate surface area is 204 Å². The fourth-order valence-corrected chi connectivity index (χ4v) is 5.81. The number of imidazole rings is 1. The molecule has 178 valence electrons. The van der Waals surface area contributed by atoms with E-state index < -0.39 is 0 Å². The van der Waals surface area contributed by atoms with Crippen LogP contribution in [-0.2, 0) is 13.6 Å². The first-order valence-electron chi connectivity index (χ1n) is 12.5. The normalized spacial score (nSPS) is 17.2. The smallest absolute Gasteiger partial charge is 0.157 e. The van der Waals surface area contributed by atoms with Crippen LogP contribution in [0.5, 0.6) is 11.5 Å².